The monoisotopic (exact) mass is 475 g/mol. The number of ketones is 1. The fourth-order valence-corrected chi connectivity index (χ4v) is 4.24. The van der Waals surface area contributed by atoms with E-state index in [0.29, 0.717) is 16.1 Å². The van der Waals surface area contributed by atoms with Crippen LogP contribution in [-0.4, -0.2) is 21.5 Å². The SMILES string of the molecule is O=C(/C=C/c1cn(-c2ccccc2)nc1-c1ccccc1)c1ccc(NC(=O)c2cccs2)cc1. The summed E-state index contributed by atoms with van der Waals surface area (Å²) in [7, 11) is 0. The lowest BCUT2D eigenvalue weighted by atomic mass is 10.1. The Balaban J connectivity index is 1.36. The summed E-state index contributed by atoms with van der Waals surface area (Å²) in [5.74, 6) is -0.296. The van der Waals surface area contributed by atoms with Crippen LogP contribution in [0.3, 0.4) is 0 Å². The maximum absolute atomic E-state index is 12.9. The molecule has 0 spiro atoms. The van der Waals surface area contributed by atoms with Crippen LogP contribution >= 0.6 is 11.3 Å². The van der Waals surface area contributed by atoms with E-state index in [1.807, 2.05) is 83.0 Å². The molecule has 0 radical (unpaired) electrons. The number of rotatable bonds is 7. The Labute approximate surface area is 207 Å². The third kappa shape index (κ3) is 5.18. The van der Waals surface area contributed by atoms with E-state index in [0.717, 1.165) is 22.5 Å². The molecular weight excluding hydrogens is 454 g/mol. The predicted molar refractivity (Wildman–Crippen MR) is 141 cm³/mol. The highest BCUT2D eigenvalue weighted by molar-refractivity contribution is 7.12. The van der Waals surface area contributed by atoms with Crippen molar-refractivity contribution in [3.05, 3.63) is 131 Å². The minimum absolute atomic E-state index is 0.132. The third-order valence-corrected chi connectivity index (χ3v) is 6.27. The Morgan fingerprint density at radius 1 is 0.829 bits per heavy atom. The van der Waals surface area contributed by atoms with Crippen LogP contribution in [-0.2, 0) is 0 Å². The van der Waals surface area contributed by atoms with Crippen LogP contribution in [0.2, 0.25) is 0 Å². The van der Waals surface area contributed by atoms with E-state index < -0.39 is 0 Å². The molecule has 0 saturated heterocycles. The molecule has 0 aliphatic heterocycles. The zero-order chi connectivity index (χ0) is 24.0. The fraction of sp³-hybridized carbons (Fsp3) is 0. The van der Waals surface area contributed by atoms with Crippen molar-refractivity contribution in [3.8, 4) is 16.9 Å². The molecular formula is C29H21N3O2S. The minimum Gasteiger partial charge on any atom is -0.321 e. The highest BCUT2D eigenvalue weighted by Crippen LogP contribution is 2.25. The molecule has 0 unspecified atom stereocenters. The first-order chi connectivity index (χ1) is 17.2. The van der Waals surface area contributed by atoms with Gasteiger partial charge in [-0.3, -0.25) is 9.59 Å². The summed E-state index contributed by atoms with van der Waals surface area (Å²) in [6.07, 6.45) is 5.27. The summed E-state index contributed by atoms with van der Waals surface area (Å²) in [5.41, 5.74) is 4.72. The van der Waals surface area contributed by atoms with E-state index >= 15 is 0 Å². The quantitative estimate of drug-likeness (QED) is 0.209. The number of anilines is 1. The van der Waals surface area contributed by atoms with E-state index in [4.69, 9.17) is 5.10 Å². The van der Waals surface area contributed by atoms with Crippen LogP contribution in [0.15, 0.2) is 115 Å². The van der Waals surface area contributed by atoms with Crippen molar-refractivity contribution in [2.24, 2.45) is 0 Å². The zero-order valence-electron chi connectivity index (χ0n) is 18.7. The van der Waals surface area contributed by atoms with Gasteiger partial charge < -0.3 is 5.32 Å². The number of hydrogen-bond donors (Lipinski definition) is 1. The number of hydrogen-bond acceptors (Lipinski definition) is 4. The standard InChI is InChI=1S/C29H21N3O2S/c33-26(21-13-16-24(17-14-21)30-29(34)27-12-7-19-35-27)18-15-23-20-32(25-10-5-2-6-11-25)31-28(23)22-8-3-1-4-9-22/h1-20H,(H,30,34)/b18-15+. The number of carbonyl (C=O) groups is 2. The zero-order valence-corrected chi connectivity index (χ0v) is 19.5. The number of thiophene rings is 1. The van der Waals surface area contributed by atoms with Gasteiger partial charge in [-0.25, -0.2) is 4.68 Å². The minimum atomic E-state index is -0.164. The summed E-state index contributed by atoms with van der Waals surface area (Å²) < 4.78 is 1.82. The fourth-order valence-electron chi connectivity index (χ4n) is 3.62. The van der Waals surface area contributed by atoms with Crippen molar-refractivity contribution in [2.45, 2.75) is 0 Å². The van der Waals surface area contributed by atoms with E-state index in [9.17, 15) is 9.59 Å². The van der Waals surface area contributed by atoms with Gasteiger partial charge in [0.05, 0.1) is 16.3 Å². The number of nitrogens with zero attached hydrogens (tertiary/aromatic N) is 2. The largest absolute Gasteiger partial charge is 0.321 e. The van der Waals surface area contributed by atoms with Gasteiger partial charge in [-0.05, 0) is 60.0 Å². The van der Waals surface area contributed by atoms with Gasteiger partial charge in [0.2, 0.25) is 0 Å². The molecule has 0 atom stereocenters. The number of amides is 1. The lowest BCUT2D eigenvalue weighted by Crippen LogP contribution is -2.10. The first-order valence-electron chi connectivity index (χ1n) is 11.1. The van der Waals surface area contributed by atoms with Crippen molar-refractivity contribution in [3.63, 3.8) is 0 Å². The maximum atomic E-state index is 12.9. The van der Waals surface area contributed by atoms with Gasteiger partial charge >= 0.3 is 0 Å². The molecule has 0 saturated carbocycles. The van der Waals surface area contributed by atoms with E-state index in [1.54, 1.807) is 42.5 Å². The van der Waals surface area contributed by atoms with Crippen LogP contribution in [0.25, 0.3) is 23.0 Å². The van der Waals surface area contributed by atoms with Crippen molar-refractivity contribution in [2.75, 3.05) is 5.32 Å². The molecule has 0 aliphatic rings. The summed E-state index contributed by atoms with van der Waals surface area (Å²) in [6.45, 7) is 0. The third-order valence-electron chi connectivity index (χ3n) is 5.40. The van der Waals surface area contributed by atoms with Crippen LogP contribution in [0.4, 0.5) is 5.69 Å². The van der Waals surface area contributed by atoms with E-state index in [2.05, 4.69) is 5.32 Å². The van der Waals surface area contributed by atoms with Gasteiger partial charge in [0.15, 0.2) is 5.78 Å². The van der Waals surface area contributed by atoms with Gasteiger partial charge in [0.1, 0.15) is 0 Å². The number of para-hydroxylation sites is 1. The highest BCUT2D eigenvalue weighted by atomic mass is 32.1. The Kier molecular flexibility index (Phi) is 6.46. The van der Waals surface area contributed by atoms with Gasteiger partial charge in [0.25, 0.3) is 5.91 Å². The number of benzene rings is 3. The second-order valence-corrected chi connectivity index (χ2v) is 8.73. The van der Waals surface area contributed by atoms with Crippen molar-refractivity contribution < 1.29 is 9.59 Å². The number of aromatic nitrogens is 2. The molecule has 5 nitrogen and oxygen atoms in total. The Hall–Kier alpha value is -4.55. The molecule has 1 N–H and O–H groups in total. The summed E-state index contributed by atoms with van der Waals surface area (Å²) >= 11 is 1.38. The molecule has 2 aromatic heterocycles. The lowest BCUT2D eigenvalue weighted by Gasteiger charge is -2.04. The second kappa shape index (κ2) is 10.2. The lowest BCUT2D eigenvalue weighted by molar-refractivity contribution is 0.102. The normalized spacial score (nSPS) is 11.0. The van der Waals surface area contributed by atoms with Gasteiger partial charge in [-0.15, -0.1) is 11.3 Å². The van der Waals surface area contributed by atoms with E-state index in [1.165, 1.54) is 11.3 Å². The van der Waals surface area contributed by atoms with Crippen LogP contribution in [0, 0.1) is 0 Å². The molecule has 0 fully saturated rings. The molecule has 0 aliphatic carbocycles. The first-order valence-corrected chi connectivity index (χ1v) is 11.9. The van der Waals surface area contributed by atoms with Crippen LogP contribution < -0.4 is 5.32 Å². The van der Waals surface area contributed by atoms with Gasteiger partial charge in [-0.2, -0.15) is 5.10 Å². The maximum Gasteiger partial charge on any atom is 0.265 e. The first kappa shape index (κ1) is 22.3. The molecule has 5 rings (SSSR count). The van der Waals surface area contributed by atoms with Crippen LogP contribution in [0.1, 0.15) is 25.6 Å². The summed E-state index contributed by atoms with van der Waals surface area (Å²) in [4.78, 5) is 25.7. The molecule has 3 aromatic carbocycles. The Bertz CT molecular complexity index is 1470. The molecule has 2 heterocycles. The molecule has 1 amide bonds. The van der Waals surface area contributed by atoms with Crippen LogP contribution in [0.5, 0.6) is 0 Å². The Morgan fingerprint density at radius 2 is 1.54 bits per heavy atom. The number of allylic oxidation sites excluding steroid dienone is 1. The molecule has 5 aromatic rings. The number of nitrogens with one attached hydrogen (secondary N) is 1. The Morgan fingerprint density at radius 3 is 2.23 bits per heavy atom. The van der Waals surface area contributed by atoms with Crippen molar-refractivity contribution in [1.82, 2.24) is 9.78 Å². The summed E-state index contributed by atoms with van der Waals surface area (Å²) in [5, 5.41) is 9.48. The predicted octanol–water partition coefficient (Wildman–Crippen LogP) is 6.75. The van der Waals surface area contributed by atoms with Crippen molar-refractivity contribution in [1.29, 1.82) is 0 Å². The molecule has 170 valence electrons. The smallest absolute Gasteiger partial charge is 0.265 e. The molecule has 6 heteroatoms. The highest BCUT2D eigenvalue weighted by Gasteiger charge is 2.12. The average Bonchev–Trinajstić information content (AvgIpc) is 3.60. The average molecular weight is 476 g/mol. The van der Waals surface area contributed by atoms with Gasteiger partial charge in [0, 0.05) is 28.6 Å². The van der Waals surface area contributed by atoms with Crippen molar-refractivity contribution >= 4 is 34.8 Å². The molecule has 35 heavy (non-hydrogen) atoms. The van der Waals surface area contributed by atoms with Gasteiger partial charge in [-0.1, -0.05) is 54.6 Å². The molecule has 0 bridgehead atoms. The van der Waals surface area contributed by atoms with E-state index in [-0.39, 0.29) is 11.7 Å². The second-order valence-electron chi connectivity index (χ2n) is 7.79. The number of carbonyl (C=O) groups excluding carboxylic acids is 2. The summed E-state index contributed by atoms with van der Waals surface area (Å²) in [6, 6.07) is 30.2. The topological polar surface area (TPSA) is 64.0 Å².